The average molecular weight is 407 g/mol. The van der Waals surface area contributed by atoms with Gasteiger partial charge >= 0.3 is 0 Å². The van der Waals surface area contributed by atoms with E-state index in [2.05, 4.69) is 48.5 Å². The Balaban J connectivity index is 0.00000264. The topological polar surface area (TPSA) is 32.7 Å². The minimum Gasteiger partial charge on any atom is -0.490 e. The molecule has 0 spiro atoms. The summed E-state index contributed by atoms with van der Waals surface area (Å²) in [6, 6.07) is 7.74. The number of nitrogens with zero attached hydrogens (tertiary/aromatic N) is 1. The van der Waals surface area contributed by atoms with Gasteiger partial charge in [-0.15, -0.1) is 12.4 Å². The van der Waals surface area contributed by atoms with Crippen molar-refractivity contribution in [2.24, 2.45) is 0 Å². The molecule has 1 unspecified atom stereocenters. The van der Waals surface area contributed by atoms with Crippen LogP contribution in [0.2, 0.25) is 0 Å². The summed E-state index contributed by atoms with van der Waals surface area (Å²) in [5.41, 5.74) is 0.242. The Morgan fingerprint density at radius 1 is 1.17 bits per heavy atom. The van der Waals surface area contributed by atoms with Gasteiger partial charge in [-0.1, -0.05) is 12.1 Å². The molecule has 1 aliphatic rings. The molecule has 1 fully saturated rings. The van der Waals surface area contributed by atoms with Crippen LogP contribution in [0.15, 0.2) is 28.7 Å². The quantitative estimate of drug-likeness (QED) is 0.772. The summed E-state index contributed by atoms with van der Waals surface area (Å²) in [5, 5.41) is 10.4. The fourth-order valence-corrected chi connectivity index (χ4v) is 3.95. The van der Waals surface area contributed by atoms with Gasteiger partial charge < -0.3 is 9.84 Å². The van der Waals surface area contributed by atoms with Crippen LogP contribution in [0.1, 0.15) is 47.0 Å². The molecule has 1 atom stereocenters. The van der Waals surface area contributed by atoms with E-state index >= 15 is 0 Å². The van der Waals surface area contributed by atoms with E-state index in [9.17, 15) is 5.11 Å². The fraction of sp³-hybridized carbons (Fsp3) is 0.667. The van der Waals surface area contributed by atoms with Crippen LogP contribution in [0, 0.1) is 0 Å². The lowest BCUT2D eigenvalue weighted by Crippen LogP contribution is -2.60. The predicted molar refractivity (Wildman–Crippen MR) is 102 cm³/mol. The maximum absolute atomic E-state index is 10.4. The molecule has 0 aromatic heterocycles. The van der Waals surface area contributed by atoms with Gasteiger partial charge in [-0.25, -0.2) is 0 Å². The minimum absolute atomic E-state index is 0. The molecule has 1 heterocycles. The zero-order chi connectivity index (χ0) is 16.4. The number of hydrogen-bond acceptors (Lipinski definition) is 3. The summed E-state index contributed by atoms with van der Waals surface area (Å²) in [6.45, 7) is 10.0. The van der Waals surface area contributed by atoms with E-state index < -0.39 is 6.10 Å². The molecule has 0 radical (unpaired) electrons. The van der Waals surface area contributed by atoms with Crippen LogP contribution in [0.4, 0.5) is 0 Å². The Hall–Kier alpha value is -0.290. The molecule has 1 N–H and O–H groups in total. The van der Waals surface area contributed by atoms with Gasteiger partial charge in [0.05, 0.1) is 4.47 Å². The van der Waals surface area contributed by atoms with Crippen molar-refractivity contribution in [2.45, 2.75) is 64.1 Å². The molecule has 1 aliphatic heterocycles. The molecule has 2 rings (SSSR count). The van der Waals surface area contributed by atoms with E-state index in [-0.39, 0.29) is 23.5 Å². The lowest BCUT2D eigenvalue weighted by Gasteiger charge is -2.53. The first-order chi connectivity index (χ1) is 10.2. The SMILES string of the molecule is CC1(C)CCCC(C)(C)N1CC(O)COc1ccccc1Br.Cl. The molecule has 0 saturated carbocycles. The van der Waals surface area contributed by atoms with E-state index in [1.807, 2.05) is 24.3 Å². The molecule has 3 nitrogen and oxygen atoms in total. The number of hydrogen-bond donors (Lipinski definition) is 1. The number of likely N-dealkylation sites (tertiary alicyclic amines) is 1. The standard InChI is InChI=1S/C18H28BrNO2.ClH/c1-17(2)10-7-11-18(3,4)20(17)12-14(21)13-22-16-9-6-5-8-15(16)19;/h5-6,8-9,14,21H,7,10-13H2,1-4H3;1H. The monoisotopic (exact) mass is 405 g/mol. The first-order valence-electron chi connectivity index (χ1n) is 8.05. The number of aliphatic hydroxyl groups excluding tert-OH is 1. The molecule has 5 heteroatoms. The fourth-order valence-electron chi connectivity index (χ4n) is 3.55. The molecule has 0 amide bonds. The summed E-state index contributed by atoms with van der Waals surface area (Å²) in [4.78, 5) is 2.44. The van der Waals surface area contributed by atoms with Gasteiger partial charge in [0.1, 0.15) is 18.5 Å². The zero-order valence-electron chi connectivity index (χ0n) is 14.5. The third-order valence-electron chi connectivity index (χ3n) is 4.70. The lowest BCUT2D eigenvalue weighted by atomic mass is 9.79. The highest BCUT2D eigenvalue weighted by Crippen LogP contribution is 2.38. The van der Waals surface area contributed by atoms with E-state index in [0.29, 0.717) is 13.2 Å². The predicted octanol–water partition coefficient (Wildman–Crippen LogP) is 4.65. The van der Waals surface area contributed by atoms with E-state index in [4.69, 9.17) is 4.74 Å². The van der Waals surface area contributed by atoms with Crippen LogP contribution in [0.3, 0.4) is 0 Å². The van der Waals surface area contributed by atoms with Crippen molar-refractivity contribution in [3.63, 3.8) is 0 Å². The molecule has 1 aromatic rings. The first-order valence-corrected chi connectivity index (χ1v) is 8.85. The second-order valence-corrected chi connectivity index (χ2v) is 8.34. The molecule has 0 aliphatic carbocycles. The van der Waals surface area contributed by atoms with Crippen LogP contribution < -0.4 is 4.74 Å². The number of para-hydroxylation sites is 1. The van der Waals surface area contributed by atoms with E-state index in [1.54, 1.807) is 0 Å². The van der Waals surface area contributed by atoms with Gasteiger partial charge in [-0.2, -0.15) is 0 Å². The third kappa shape index (κ3) is 5.35. The van der Waals surface area contributed by atoms with Gasteiger partial charge in [-0.05, 0) is 75.0 Å². The van der Waals surface area contributed by atoms with Crippen molar-refractivity contribution in [3.8, 4) is 5.75 Å². The van der Waals surface area contributed by atoms with Crippen LogP contribution in [0.25, 0.3) is 0 Å². The first kappa shape index (κ1) is 20.8. The van der Waals surface area contributed by atoms with E-state index in [1.165, 1.54) is 19.3 Å². The molecule has 0 bridgehead atoms. The maximum Gasteiger partial charge on any atom is 0.133 e. The number of halogens is 2. The Morgan fingerprint density at radius 2 is 1.74 bits per heavy atom. The highest BCUT2D eigenvalue weighted by Gasteiger charge is 2.41. The number of benzene rings is 1. The summed E-state index contributed by atoms with van der Waals surface area (Å²) >= 11 is 3.46. The molecule has 132 valence electrons. The van der Waals surface area contributed by atoms with Gasteiger partial charge in [-0.3, -0.25) is 4.90 Å². The molecule has 1 saturated heterocycles. The Bertz CT molecular complexity index is 492. The van der Waals surface area contributed by atoms with Crippen LogP contribution in [0.5, 0.6) is 5.75 Å². The summed E-state index contributed by atoms with van der Waals surface area (Å²) in [7, 11) is 0. The van der Waals surface area contributed by atoms with Crippen molar-refractivity contribution >= 4 is 28.3 Å². The third-order valence-corrected chi connectivity index (χ3v) is 5.35. The number of piperidine rings is 1. The lowest BCUT2D eigenvalue weighted by molar-refractivity contribution is -0.0607. The van der Waals surface area contributed by atoms with Crippen molar-refractivity contribution in [1.82, 2.24) is 4.90 Å². The Labute approximate surface area is 154 Å². The van der Waals surface area contributed by atoms with Crippen LogP contribution >= 0.6 is 28.3 Å². The van der Waals surface area contributed by atoms with Gasteiger partial charge in [0, 0.05) is 17.6 Å². The van der Waals surface area contributed by atoms with Gasteiger partial charge in [0.15, 0.2) is 0 Å². The Kier molecular flexibility index (Phi) is 7.39. The van der Waals surface area contributed by atoms with Crippen molar-refractivity contribution in [3.05, 3.63) is 28.7 Å². The minimum atomic E-state index is -0.497. The van der Waals surface area contributed by atoms with Crippen LogP contribution in [-0.2, 0) is 0 Å². The normalized spacial score (nSPS) is 21.3. The molecule has 23 heavy (non-hydrogen) atoms. The smallest absolute Gasteiger partial charge is 0.133 e. The van der Waals surface area contributed by atoms with E-state index in [0.717, 1.165) is 10.2 Å². The number of β-amino-alcohol motifs (C(OH)–C–C–N with tert-alkyl or cyclic N) is 1. The maximum atomic E-state index is 10.4. The highest BCUT2D eigenvalue weighted by molar-refractivity contribution is 9.10. The summed E-state index contributed by atoms with van der Waals surface area (Å²) < 4.78 is 6.67. The average Bonchev–Trinajstić information content (AvgIpc) is 2.42. The zero-order valence-corrected chi connectivity index (χ0v) is 16.9. The second kappa shape index (κ2) is 8.19. The largest absolute Gasteiger partial charge is 0.490 e. The molecular weight excluding hydrogens is 378 g/mol. The second-order valence-electron chi connectivity index (χ2n) is 7.48. The van der Waals surface area contributed by atoms with Gasteiger partial charge in [0.2, 0.25) is 0 Å². The summed E-state index contributed by atoms with van der Waals surface area (Å²) in [5.74, 6) is 0.777. The van der Waals surface area contributed by atoms with Crippen molar-refractivity contribution < 1.29 is 9.84 Å². The van der Waals surface area contributed by atoms with Crippen molar-refractivity contribution in [2.75, 3.05) is 13.2 Å². The summed E-state index contributed by atoms with van der Waals surface area (Å²) in [6.07, 6.45) is 3.10. The number of aliphatic hydroxyl groups is 1. The highest BCUT2D eigenvalue weighted by atomic mass is 79.9. The number of ether oxygens (including phenoxy) is 1. The van der Waals surface area contributed by atoms with Crippen molar-refractivity contribution in [1.29, 1.82) is 0 Å². The molecular formula is C18H29BrClNO2. The Morgan fingerprint density at radius 3 is 2.30 bits per heavy atom. The number of rotatable bonds is 5. The van der Waals surface area contributed by atoms with Gasteiger partial charge in [0.25, 0.3) is 0 Å². The molecule has 1 aromatic carbocycles. The van der Waals surface area contributed by atoms with Crippen LogP contribution in [-0.4, -0.2) is 40.3 Å².